The smallest absolute Gasteiger partial charge is 0.307 e. The van der Waals surface area contributed by atoms with Crippen molar-refractivity contribution in [1.82, 2.24) is 10.9 Å². The van der Waals surface area contributed by atoms with Gasteiger partial charge in [-0.15, -0.1) is 0 Å². The van der Waals surface area contributed by atoms with Gasteiger partial charge in [0.05, 0.1) is 11.8 Å². The SMILES string of the molecule is CCCc1ccc(OCC(=O)NNC(=O)[C@H]2CCCC[C@@H]2C(=O)O)cc1. The minimum Gasteiger partial charge on any atom is -0.484 e. The molecule has 1 aliphatic carbocycles. The number of aryl methyl sites for hydroxylation is 1. The molecule has 1 saturated carbocycles. The second-order valence-corrected chi connectivity index (χ2v) is 6.56. The Labute approximate surface area is 153 Å². The van der Waals surface area contributed by atoms with E-state index < -0.39 is 29.6 Å². The quantitative estimate of drug-likeness (QED) is 0.644. The molecule has 2 atom stereocenters. The maximum absolute atomic E-state index is 12.2. The number of hydrogen-bond donors (Lipinski definition) is 3. The molecule has 26 heavy (non-hydrogen) atoms. The molecule has 0 heterocycles. The first kappa shape index (κ1) is 19.8. The Bertz CT molecular complexity index is 629. The van der Waals surface area contributed by atoms with Crippen LogP contribution in [0, 0.1) is 11.8 Å². The van der Waals surface area contributed by atoms with Crippen molar-refractivity contribution in [3.63, 3.8) is 0 Å². The minimum absolute atomic E-state index is 0.236. The molecule has 0 saturated heterocycles. The van der Waals surface area contributed by atoms with Crippen LogP contribution in [0.3, 0.4) is 0 Å². The van der Waals surface area contributed by atoms with Crippen LogP contribution in [-0.4, -0.2) is 29.5 Å². The van der Waals surface area contributed by atoms with Gasteiger partial charge in [-0.3, -0.25) is 25.2 Å². The molecule has 2 rings (SSSR count). The van der Waals surface area contributed by atoms with E-state index >= 15 is 0 Å². The minimum atomic E-state index is -0.967. The molecule has 1 aromatic rings. The molecule has 7 heteroatoms. The van der Waals surface area contributed by atoms with Crippen LogP contribution in [0.1, 0.15) is 44.6 Å². The van der Waals surface area contributed by atoms with E-state index in [0.29, 0.717) is 18.6 Å². The predicted molar refractivity (Wildman–Crippen MR) is 95.3 cm³/mol. The van der Waals surface area contributed by atoms with E-state index in [-0.39, 0.29) is 6.61 Å². The summed E-state index contributed by atoms with van der Waals surface area (Å²) in [5.41, 5.74) is 5.81. The van der Waals surface area contributed by atoms with E-state index in [4.69, 9.17) is 4.74 Å². The van der Waals surface area contributed by atoms with Crippen LogP contribution >= 0.6 is 0 Å². The van der Waals surface area contributed by atoms with Gasteiger partial charge in [-0.05, 0) is 37.0 Å². The van der Waals surface area contributed by atoms with Crippen molar-refractivity contribution in [3.05, 3.63) is 29.8 Å². The van der Waals surface area contributed by atoms with Crippen LogP contribution in [-0.2, 0) is 20.8 Å². The monoisotopic (exact) mass is 362 g/mol. The molecule has 7 nitrogen and oxygen atoms in total. The standard InChI is InChI=1S/C19H26N2O5/c1-2-5-13-8-10-14(11-9-13)26-12-17(22)20-21-18(23)15-6-3-4-7-16(15)19(24)25/h8-11,15-16H,2-7,12H2,1H3,(H,20,22)(H,21,23)(H,24,25)/t15-,16-/m0/s1. The van der Waals surface area contributed by atoms with Gasteiger partial charge >= 0.3 is 5.97 Å². The van der Waals surface area contributed by atoms with E-state index in [1.54, 1.807) is 12.1 Å². The molecule has 1 fully saturated rings. The molecule has 0 bridgehead atoms. The number of carbonyl (C=O) groups is 3. The molecular weight excluding hydrogens is 336 g/mol. The topological polar surface area (TPSA) is 105 Å². The summed E-state index contributed by atoms with van der Waals surface area (Å²) >= 11 is 0. The van der Waals surface area contributed by atoms with E-state index in [2.05, 4.69) is 17.8 Å². The first-order valence-corrected chi connectivity index (χ1v) is 9.04. The van der Waals surface area contributed by atoms with Crippen molar-refractivity contribution in [2.24, 2.45) is 11.8 Å². The van der Waals surface area contributed by atoms with E-state index in [0.717, 1.165) is 25.7 Å². The van der Waals surface area contributed by atoms with Crippen LogP contribution in [0.2, 0.25) is 0 Å². The maximum atomic E-state index is 12.2. The largest absolute Gasteiger partial charge is 0.484 e. The second kappa shape index (κ2) is 9.79. The van der Waals surface area contributed by atoms with Gasteiger partial charge in [0, 0.05) is 0 Å². The summed E-state index contributed by atoms with van der Waals surface area (Å²) in [5.74, 6) is -2.67. The summed E-state index contributed by atoms with van der Waals surface area (Å²) in [4.78, 5) is 35.2. The summed E-state index contributed by atoms with van der Waals surface area (Å²) in [5, 5.41) is 9.21. The Morgan fingerprint density at radius 2 is 1.73 bits per heavy atom. The summed E-state index contributed by atoms with van der Waals surface area (Å²) in [6.45, 7) is 1.87. The zero-order valence-corrected chi connectivity index (χ0v) is 15.0. The lowest BCUT2D eigenvalue weighted by Gasteiger charge is -2.27. The normalized spacial score (nSPS) is 19.4. The molecule has 2 amide bonds. The van der Waals surface area contributed by atoms with Gasteiger partial charge in [-0.2, -0.15) is 0 Å². The number of carboxylic acid groups (broad SMARTS) is 1. The summed E-state index contributed by atoms with van der Waals surface area (Å²) < 4.78 is 5.38. The third kappa shape index (κ3) is 5.75. The lowest BCUT2D eigenvalue weighted by atomic mass is 9.79. The molecule has 142 valence electrons. The number of hydrazine groups is 1. The van der Waals surface area contributed by atoms with Gasteiger partial charge in [-0.1, -0.05) is 38.3 Å². The molecule has 0 spiro atoms. The molecule has 0 aliphatic heterocycles. The number of hydrogen-bond acceptors (Lipinski definition) is 4. The summed E-state index contributed by atoms with van der Waals surface area (Å²) in [7, 11) is 0. The van der Waals surface area contributed by atoms with E-state index in [9.17, 15) is 19.5 Å². The van der Waals surface area contributed by atoms with E-state index in [1.165, 1.54) is 5.56 Å². The van der Waals surface area contributed by atoms with Crippen LogP contribution in [0.4, 0.5) is 0 Å². The molecule has 0 unspecified atom stereocenters. The highest BCUT2D eigenvalue weighted by Crippen LogP contribution is 2.30. The summed E-state index contributed by atoms with van der Waals surface area (Å²) in [6, 6.07) is 7.51. The first-order chi connectivity index (χ1) is 12.5. The van der Waals surface area contributed by atoms with Crippen molar-refractivity contribution in [3.8, 4) is 5.75 Å². The number of carboxylic acids is 1. The van der Waals surface area contributed by atoms with Gasteiger partial charge < -0.3 is 9.84 Å². The van der Waals surface area contributed by atoms with Gasteiger partial charge in [0.2, 0.25) is 5.91 Å². The van der Waals surface area contributed by atoms with Crippen molar-refractivity contribution < 1.29 is 24.2 Å². The lowest BCUT2D eigenvalue weighted by molar-refractivity contribution is -0.149. The van der Waals surface area contributed by atoms with Crippen LogP contribution < -0.4 is 15.6 Å². The first-order valence-electron chi connectivity index (χ1n) is 9.04. The average molecular weight is 362 g/mol. The number of amides is 2. The highest BCUT2D eigenvalue weighted by molar-refractivity contribution is 5.87. The third-order valence-electron chi connectivity index (χ3n) is 4.58. The highest BCUT2D eigenvalue weighted by atomic mass is 16.5. The van der Waals surface area contributed by atoms with Gasteiger partial charge in [0.15, 0.2) is 6.61 Å². The fourth-order valence-corrected chi connectivity index (χ4v) is 3.19. The molecule has 3 N–H and O–H groups in total. The Morgan fingerprint density at radius 3 is 2.35 bits per heavy atom. The summed E-state index contributed by atoms with van der Waals surface area (Å²) in [6.07, 6.45) is 4.67. The predicted octanol–water partition coefficient (Wildman–Crippen LogP) is 2.06. The molecule has 0 aromatic heterocycles. The van der Waals surface area contributed by atoms with Crippen molar-refractivity contribution in [2.75, 3.05) is 6.61 Å². The number of nitrogens with one attached hydrogen (secondary N) is 2. The second-order valence-electron chi connectivity index (χ2n) is 6.56. The molecule has 0 radical (unpaired) electrons. The number of ether oxygens (including phenoxy) is 1. The van der Waals surface area contributed by atoms with E-state index in [1.807, 2.05) is 12.1 Å². The molecule has 1 aliphatic rings. The Kier molecular flexibility index (Phi) is 7.44. The Balaban J connectivity index is 1.75. The number of aliphatic carboxylic acids is 1. The third-order valence-corrected chi connectivity index (χ3v) is 4.58. The van der Waals surface area contributed by atoms with Gasteiger partial charge in [0.25, 0.3) is 5.91 Å². The van der Waals surface area contributed by atoms with Crippen molar-refractivity contribution in [1.29, 1.82) is 0 Å². The lowest BCUT2D eigenvalue weighted by Crippen LogP contribution is -2.49. The maximum Gasteiger partial charge on any atom is 0.307 e. The van der Waals surface area contributed by atoms with Crippen LogP contribution in [0.15, 0.2) is 24.3 Å². The number of benzene rings is 1. The zero-order chi connectivity index (χ0) is 18.9. The number of carbonyl (C=O) groups excluding carboxylic acids is 2. The Hall–Kier alpha value is -2.57. The average Bonchev–Trinajstić information content (AvgIpc) is 2.65. The Morgan fingerprint density at radius 1 is 1.08 bits per heavy atom. The van der Waals surface area contributed by atoms with Crippen LogP contribution in [0.5, 0.6) is 5.75 Å². The van der Waals surface area contributed by atoms with Gasteiger partial charge in [0.1, 0.15) is 5.75 Å². The number of rotatable bonds is 7. The van der Waals surface area contributed by atoms with Gasteiger partial charge in [-0.25, -0.2) is 0 Å². The van der Waals surface area contributed by atoms with Crippen molar-refractivity contribution >= 4 is 17.8 Å². The fraction of sp³-hybridized carbons (Fsp3) is 0.526. The highest BCUT2D eigenvalue weighted by Gasteiger charge is 2.35. The fourth-order valence-electron chi connectivity index (χ4n) is 3.19. The zero-order valence-electron chi connectivity index (χ0n) is 15.0. The molecular formula is C19H26N2O5. The van der Waals surface area contributed by atoms with Crippen LogP contribution in [0.25, 0.3) is 0 Å². The molecule has 1 aromatic carbocycles. The van der Waals surface area contributed by atoms with Crippen molar-refractivity contribution in [2.45, 2.75) is 45.4 Å².